The van der Waals surface area contributed by atoms with Crippen LogP contribution in [0.4, 0.5) is 0 Å². The fourth-order valence-electron chi connectivity index (χ4n) is 3.14. The molecule has 9 heteroatoms. The summed E-state index contributed by atoms with van der Waals surface area (Å²) in [6, 6.07) is 0.879. The van der Waals surface area contributed by atoms with E-state index < -0.39 is 0 Å². The Labute approximate surface area is 184 Å². The smallest absolute Gasteiger partial charge is 0.193 e. The first-order chi connectivity index (χ1) is 12.5. The van der Waals surface area contributed by atoms with Gasteiger partial charge >= 0.3 is 0 Å². The van der Waals surface area contributed by atoms with Gasteiger partial charge in [0.15, 0.2) is 5.96 Å². The molecule has 1 saturated heterocycles. The van der Waals surface area contributed by atoms with Crippen LogP contribution in [0.15, 0.2) is 10.4 Å². The lowest BCUT2D eigenvalue weighted by atomic mass is 10.2. The van der Waals surface area contributed by atoms with E-state index in [1.807, 2.05) is 21.0 Å². The fourth-order valence-corrected chi connectivity index (χ4v) is 3.98. The number of methoxy groups -OCH3 is 1. The van der Waals surface area contributed by atoms with Crippen molar-refractivity contribution in [1.29, 1.82) is 0 Å². The molecule has 1 aromatic rings. The van der Waals surface area contributed by atoms with Gasteiger partial charge in [0.2, 0.25) is 0 Å². The standard InChI is InChI=1S/C18H33N5O2S.HI/c1-13(23-7-8-25-11-14(23)2)9-20-18(19-4)22(5)10-16-12-26-17(21-16)15(3)24-6;/h12-15H,7-11H2,1-6H3,(H,19,20);1H. The average Bonchev–Trinajstić information content (AvgIpc) is 3.10. The number of morpholine rings is 1. The van der Waals surface area contributed by atoms with Gasteiger partial charge < -0.3 is 19.7 Å². The van der Waals surface area contributed by atoms with E-state index in [4.69, 9.17) is 9.47 Å². The molecule has 0 aliphatic carbocycles. The van der Waals surface area contributed by atoms with Crippen molar-refractivity contribution in [2.24, 2.45) is 4.99 Å². The number of thiazole rings is 1. The second kappa shape index (κ2) is 12.2. The first-order valence-corrected chi connectivity index (χ1v) is 10.1. The van der Waals surface area contributed by atoms with Gasteiger partial charge in [0.25, 0.3) is 0 Å². The van der Waals surface area contributed by atoms with Crippen LogP contribution in [0.25, 0.3) is 0 Å². The Hall–Kier alpha value is -0.490. The van der Waals surface area contributed by atoms with Crippen molar-refractivity contribution in [3.63, 3.8) is 0 Å². The molecule has 0 bridgehead atoms. The van der Waals surface area contributed by atoms with Gasteiger partial charge in [0.1, 0.15) is 11.1 Å². The van der Waals surface area contributed by atoms with Crippen LogP contribution in [-0.2, 0) is 16.0 Å². The molecule has 1 aliphatic rings. The molecule has 0 spiro atoms. The fraction of sp³-hybridized carbons (Fsp3) is 0.778. The van der Waals surface area contributed by atoms with Gasteiger partial charge in [0, 0.05) is 51.8 Å². The van der Waals surface area contributed by atoms with Gasteiger partial charge in [-0.3, -0.25) is 9.89 Å². The molecular weight excluding hydrogens is 477 g/mol. The molecule has 2 heterocycles. The Morgan fingerprint density at radius 3 is 2.93 bits per heavy atom. The highest BCUT2D eigenvalue weighted by Crippen LogP contribution is 2.21. The molecule has 1 fully saturated rings. The summed E-state index contributed by atoms with van der Waals surface area (Å²) in [6.07, 6.45) is 0.0351. The number of aromatic nitrogens is 1. The van der Waals surface area contributed by atoms with Gasteiger partial charge in [-0.2, -0.15) is 0 Å². The van der Waals surface area contributed by atoms with Crippen LogP contribution in [0.2, 0.25) is 0 Å². The van der Waals surface area contributed by atoms with Crippen molar-refractivity contribution in [3.05, 3.63) is 16.1 Å². The molecule has 0 saturated carbocycles. The minimum Gasteiger partial charge on any atom is -0.379 e. The molecule has 1 aromatic heterocycles. The van der Waals surface area contributed by atoms with Crippen LogP contribution in [0.3, 0.4) is 0 Å². The normalized spacial score (nSPS) is 20.7. The van der Waals surface area contributed by atoms with E-state index in [9.17, 15) is 0 Å². The summed E-state index contributed by atoms with van der Waals surface area (Å²) in [5, 5.41) is 6.59. The van der Waals surface area contributed by atoms with Gasteiger partial charge in [0.05, 0.1) is 25.5 Å². The first-order valence-electron chi connectivity index (χ1n) is 9.18. The maximum atomic E-state index is 5.53. The van der Waals surface area contributed by atoms with Crippen LogP contribution in [-0.4, -0.2) is 80.3 Å². The third kappa shape index (κ3) is 7.12. The summed E-state index contributed by atoms with van der Waals surface area (Å²) in [7, 11) is 5.57. The summed E-state index contributed by atoms with van der Waals surface area (Å²) in [5.41, 5.74) is 1.04. The Bertz CT molecular complexity index is 586. The van der Waals surface area contributed by atoms with Crippen molar-refractivity contribution < 1.29 is 9.47 Å². The van der Waals surface area contributed by atoms with Crippen LogP contribution >= 0.6 is 35.3 Å². The Morgan fingerprint density at radius 2 is 2.30 bits per heavy atom. The van der Waals surface area contributed by atoms with Crippen molar-refractivity contribution in [2.45, 2.75) is 45.5 Å². The minimum atomic E-state index is 0. The summed E-state index contributed by atoms with van der Waals surface area (Å²) in [6.45, 7) is 10.7. The predicted molar refractivity (Wildman–Crippen MR) is 122 cm³/mol. The quantitative estimate of drug-likeness (QED) is 0.345. The van der Waals surface area contributed by atoms with Gasteiger partial charge in [-0.25, -0.2) is 4.98 Å². The van der Waals surface area contributed by atoms with Gasteiger partial charge in [-0.1, -0.05) is 0 Å². The monoisotopic (exact) mass is 511 g/mol. The third-order valence-electron chi connectivity index (χ3n) is 4.78. The molecule has 27 heavy (non-hydrogen) atoms. The van der Waals surface area contributed by atoms with Gasteiger partial charge in [-0.15, -0.1) is 35.3 Å². The van der Waals surface area contributed by atoms with E-state index in [2.05, 4.69) is 44.3 Å². The number of halogens is 1. The van der Waals surface area contributed by atoms with Crippen LogP contribution in [0.5, 0.6) is 0 Å². The molecule has 0 aromatic carbocycles. The summed E-state index contributed by atoms with van der Waals surface area (Å²) < 4.78 is 10.9. The highest BCUT2D eigenvalue weighted by atomic mass is 127. The number of nitrogens with zero attached hydrogens (tertiary/aromatic N) is 4. The number of aliphatic imine (C=N–C) groups is 1. The second-order valence-electron chi connectivity index (χ2n) is 6.85. The third-order valence-corrected chi connectivity index (χ3v) is 5.84. The SMILES string of the molecule is CN=C(NCC(C)N1CCOCC1C)N(C)Cc1csc(C(C)OC)n1.I. The van der Waals surface area contributed by atoms with Crippen LogP contribution in [0.1, 0.15) is 37.6 Å². The average molecular weight is 511 g/mol. The molecule has 2 rings (SSSR count). The zero-order valence-electron chi connectivity index (χ0n) is 17.3. The Kier molecular flexibility index (Phi) is 11.0. The maximum absolute atomic E-state index is 5.53. The molecule has 3 unspecified atom stereocenters. The number of hydrogen-bond acceptors (Lipinski definition) is 6. The number of nitrogens with one attached hydrogen (secondary N) is 1. The van der Waals surface area contributed by atoms with E-state index >= 15 is 0 Å². The maximum Gasteiger partial charge on any atom is 0.193 e. The second-order valence-corrected chi connectivity index (χ2v) is 7.74. The molecule has 156 valence electrons. The van der Waals surface area contributed by atoms with E-state index in [1.165, 1.54) is 0 Å². The highest BCUT2D eigenvalue weighted by Gasteiger charge is 2.24. The predicted octanol–water partition coefficient (Wildman–Crippen LogP) is 2.58. The first kappa shape index (κ1) is 24.5. The number of ether oxygens (including phenoxy) is 2. The van der Waals surface area contributed by atoms with E-state index in [-0.39, 0.29) is 30.1 Å². The Morgan fingerprint density at radius 1 is 1.56 bits per heavy atom. The number of hydrogen-bond donors (Lipinski definition) is 1. The van der Waals surface area contributed by atoms with Crippen LogP contribution in [0, 0.1) is 0 Å². The lowest BCUT2D eigenvalue weighted by molar-refractivity contribution is -0.0175. The summed E-state index contributed by atoms with van der Waals surface area (Å²) in [4.78, 5) is 13.7. The summed E-state index contributed by atoms with van der Waals surface area (Å²) in [5.74, 6) is 0.882. The van der Waals surface area contributed by atoms with Crippen LogP contribution < -0.4 is 5.32 Å². The summed E-state index contributed by atoms with van der Waals surface area (Å²) >= 11 is 1.64. The Balaban J connectivity index is 0.00000364. The largest absolute Gasteiger partial charge is 0.379 e. The van der Waals surface area contributed by atoms with Crippen molar-refractivity contribution in [3.8, 4) is 0 Å². The van der Waals surface area contributed by atoms with E-state index in [0.717, 1.165) is 49.5 Å². The molecule has 1 N–H and O–H groups in total. The lowest BCUT2D eigenvalue weighted by Crippen LogP contribution is -2.53. The topological polar surface area (TPSA) is 62.2 Å². The van der Waals surface area contributed by atoms with E-state index in [0.29, 0.717) is 12.1 Å². The van der Waals surface area contributed by atoms with Crippen molar-refractivity contribution in [2.75, 3.05) is 47.5 Å². The number of guanidine groups is 1. The molecule has 3 atom stereocenters. The number of rotatable bonds is 7. The molecule has 0 radical (unpaired) electrons. The molecule has 0 amide bonds. The highest BCUT2D eigenvalue weighted by molar-refractivity contribution is 14.0. The lowest BCUT2D eigenvalue weighted by Gasteiger charge is -2.38. The minimum absolute atomic E-state index is 0. The molecular formula is C18H34IN5O2S. The van der Waals surface area contributed by atoms with Gasteiger partial charge in [-0.05, 0) is 20.8 Å². The van der Waals surface area contributed by atoms with E-state index in [1.54, 1.807) is 18.4 Å². The zero-order chi connectivity index (χ0) is 19.1. The molecule has 1 aliphatic heterocycles. The van der Waals surface area contributed by atoms with Crippen molar-refractivity contribution >= 4 is 41.3 Å². The van der Waals surface area contributed by atoms with Crippen molar-refractivity contribution in [1.82, 2.24) is 20.1 Å². The zero-order valence-corrected chi connectivity index (χ0v) is 20.4. The molecule has 7 nitrogen and oxygen atoms in total.